The van der Waals surface area contributed by atoms with E-state index >= 15 is 0 Å². The third kappa shape index (κ3) is 3.03. The second kappa shape index (κ2) is 5.95. The predicted molar refractivity (Wildman–Crippen MR) is 80.4 cm³/mol. The van der Waals surface area contributed by atoms with E-state index < -0.39 is 0 Å². The highest BCUT2D eigenvalue weighted by atomic mass is 15.0. The van der Waals surface area contributed by atoms with Crippen LogP contribution in [0.5, 0.6) is 0 Å². The predicted octanol–water partition coefficient (Wildman–Crippen LogP) is 2.42. The summed E-state index contributed by atoms with van der Waals surface area (Å²) in [5, 5.41) is 16.2. The number of rotatable bonds is 5. The minimum Gasteiger partial charge on any atom is -0.317 e. The molecule has 1 aromatic carbocycles. The highest BCUT2D eigenvalue weighted by Gasteiger charge is 2.40. The monoisotopic (exact) mass is 269 g/mol. The Labute approximate surface area is 121 Å². The number of nitrogens with zero attached hydrogens (tertiary/aromatic N) is 1. The van der Waals surface area contributed by atoms with Gasteiger partial charge in [-0.1, -0.05) is 30.3 Å². The molecule has 1 heterocycles. The summed E-state index contributed by atoms with van der Waals surface area (Å²) in [5.41, 5.74) is 1.65. The third-order valence-electron chi connectivity index (χ3n) is 4.88. The Morgan fingerprint density at radius 1 is 1.25 bits per heavy atom. The molecular weight excluding hydrogens is 246 g/mol. The molecule has 3 rings (SSSR count). The molecule has 1 saturated heterocycles. The number of hydrogen-bond acceptors (Lipinski definition) is 3. The Bertz CT molecular complexity index is 471. The van der Waals surface area contributed by atoms with E-state index in [1.54, 1.807) is 0 Å². The average molecular weight is 269 g/mol. The number of piperidine rings is 1. The molecule has 1 aromatic rings. The third-order valence-corrected chi connectivity index (χ3v) is 4.88. The molecule has 20 heavy (non-hydrogen) atoms. The maximum absolute atomic E-state index is 9.10. The van der Waals surface area contributed by atoms with Crippen molar-refractivity contribution in [1.82, 2.24) is 10.6 Å². The van der Waals surface area contributed by atoms with E-state index in [1.165, 1.54) is 12.0 Å². The van der Waals surface area contributed by atoms with Crippen LogP contribution in [-0.2, 0) is 0 Å². The van der Waals surface area contributed by atoms with Crippen LogP contribution >= 0.6 is 0 Å². The Kier molecular flexibility index (Phi) is 4.05. The van der Waals surface area contributed by atoms with Crippen LogP contribution in [0.3, 0.4) is 0 Å². The molecule has 1 aliphatic carbocycles. The van der Waals surface area contributed by atoms with E-state index in [1.807, 2.05) is 0 Å². The van der Waals surface area contributed by atoms with Crippen molar-refractivity contribution < 1.29 is 0 Å². The number of nitrogens with one attached hydrogen (secondary N) is 2. The van der Waals surface area contributed by atoms with Gasteiger partial charge >= 0.3 is 0 Å². The van der Waals surface area contributed by atoms with Crippen molar-refractivity contribution in [1.29, 1.82) is 5.26 Å². The van der Waals surface area contributed by atoms with Gasteiger partial charge in [-0.3, -0.25) is 0 Å². The first-order valence-corrected chi connectivity index (χ1v) is 7.69. The Morgan fingerprint density at radius 2 is 2.00 bits per heavy atom. The smallest absolute Gasteiger partial charge is 0.0628 e. The molecule has 1 aliphatic heterocycles. The first kappa shape index (κ1) is 13.6. The Balaban J connectivity index is 1.53. The first-order chi connectivity index (χ1) is 9.83. The van der Waals surface area contributed by atoms with Gasteiger partial charge in [-0.25, -0.2) is 0 Å². The van der Waals surface area contributed by atoms with Gasteiger partial charge in [0.25, 0.3) is 0 Å². The lowest BCUT2D eigenvalue weighted by Crippen LogP contribution is -2.43. The summed E-state index contributed by atoms with van der Waals surface area (Å²) in [6.45, 7) is 3.10. The van der Waals surface area contributed by atoms with Crippen molar-refractivity contribution in [2.45, 2.75) is 37.6 Å². The van der Waals surface area contributed by atoms with Gasteiger partial charge in [0.15, 0.2) is 0 Å². The lowest BCUT2D eigenvalue weighted by atomic mass is 9.76. The molecule has 3 nitrogen and oxygen atoms in total. The standard InChI is InChI=1S/C17H23N3/c18-9-6-17(7-10-19-11-8-17)13-20-16-12-15(16)14-4-2-1-3-5-14/h1-5,15-16,19-20H,6-8,10-13H2. The Morgan fingerprint density at radius 3 is 2.70 bits per heavy atom. The zero-order chi connectivity index (χ0) is 13.8. The van der Waals surface area contributed by atoms with Gasteiger partial charge in [0.1, 0.15) is 0 Å². The molecule has 2 aliphatic rings. The zero-order valence-electron chi connectivity index (χ0n) is 11.9. The van der Waals surface area contributed by atoms with Crippen LogP contribution < -0.4 is 10.6 Å². The topological polar surface area (TPSA) is 47.9 Å². The molecule has 2 atom stereocenters. The minimum absolute atomic E-state index is 0.198. The molecule has 2 N–H and O–H groups in total. The number of nitriles is 1. The van der Waals surface area contributed by atoms with Gasteiger partial charge in [0.05, 0.1) is 6.07 Å². The van der Waals surface area contributed by atoms with Crippen LogP contribution in [0.15, 0.2) is 30.3 Å². The highest BCUT2D eigenvalue weighted by Crippen LogP contribution is 2.42. The molecule has 0 aromatic heterocycles. The van der Waals surface area contributed by atoms with Crippen molar-refractivity contribution in [3.63, 3.8) is 0 Å². The van der Waals surface area contributed by atoms with Crippen LogP contribution in [0.2, 0.25) is 0 Å². The fraction of sp³-hybridized carbons (Fsp3) is 0.588. The van der Waals surface area contributed by atoms with Gasteiger partial charge < -0.3 is 10.6 Å². The van der Waals surface area contributed by atoms with Crippen LogP contribution in [-0.4, -0.2) is 25.7 Å². The lowest BCUT2D eigenvalue weighted by molar-refractivity contribution is 0.198. The summed E-state index contributed by atoms with van der Waals surface area (Å²) >= 11 is 0. The zero-order valence-corrected chi connectivity index (χ0v) is 11.9. The number of hydrogen-bond donors (Lipinski definition) is 2. The van der Waals surface area contributed by atoms with Crippen molar-refractivity contribution in [3.05, 3.63) is 35.9 Å². The van der Waals surface area contributed by atoms with E-state index in [0.29, 0.717) is 18.4 Å². The molecule has 2 fully saturated rings. The van der Waals surface area contributed by atoms with Gasteiger partial charge in [0, 0.05) is 24.9 Å². The molecule has 0 radical (unpaired) electrons. The normalized spacial score (nSPS) is 27.8. The Hall–Kier alpha value is -1.37. The number of benzene rings is 1. The summed E-state index contributed by atoms with van der Waals surface area (Å²) < 4.78 is 0. The van der Waals surface area contributed by atoms with Crippen LogP contribution in [0.4, 0.5) is 0 Å². The first-order valence-electron chi connectivity index (χ1n) is 7.69. The van der Waals surface area contributed by atoms with E-state index in [-0.39, 0.29) is 5.41 Å². The van der Waals surface area contributed by atoms with Crippen molar-refractivity contribution in [3.8, 4) is 6.07 Å². The fourth-order valence-corrected chi connectivity index (χ4v) is 3.38. The van der Waals surface area contributed by atoms with Gasteiger partial charge in [-0.2, -0.15) is 5.26 Å². The van der Waals surface area contributed by atoms with E-state index in [2.05, 4.69) is 47.0 Å². The molecule has 1 saturated carbocycles. The molecule has 3 heteroatoms. The second-order valence-electron chi connectivity index (χ2n) is 6.33. The molecular formula is C17H23N3. The van der Waals surface area contributed by atoms with Crippen molar-refractivity contribution >= 4 is 0 Å². The van der Waals surface area contributed by atoms with E-state index in [4.69, 9.17) is 5.26 Å². The van der Waals surface area contributed by atoms with Crippen molar-refractivity contribution in [2.75, 3.05) is 19.6 Å². The van der Waals surface area contributed by atoms with Crippen LogP contribution in [0, 0.1) is 16.7 Å². The summed E-state index contributed by atoms with van der Waals surface area (Å²) in [5.74, 6) is 0.678. The van der Waals surface area contributed by atoms with E-state index in [0.717, 1.165) is 32.5 Å². The highest BCUT2D eigenvalue weighted by molar-refractivity contribution is 5.27. The largest absolute Gasteiger partial charge is 0.317 e. The lowest BCUT2D eigenvalue weighted by Gasteiger charge is -2.36. The average Bonchev–Trinajstić information content (AvgIpc) is 3.27. The molecule has 2 unspecified atom stereocenters. The van der Waals surface area contributed by atoms with Gasteiger partial charge in [-0.15, -0.1) is 0 Å². The van der Waals surface area contributed by atoms with Gasteiger partial charge in [-0.05, 0) is 43.3 Å². The summed E-state index contributed by atoms with van der Waals surface area (Å²) in [6, 6.07) is 13.8. The SMILES string of the molecule is N#CCC1(CNC2CC2c2ccccc2)CCNCC1. The molecule has 0 amide bonds. The minimum atomic E-state index is 0.198. The maximum atomic E-state index is 9.10. The fourth-order valence-electron chi connectivity index (χ4n) is 3.38. The van der Waals surface area contributed by atoms with Crippen molar-refractivity contribution in [2.24, 2.45) is 5.41 Å². The molecule has 106 valence electrons. The summed E-state index contributed by atoms with van der Waals surface area (Å²) in [4.78, 5) is 0. The molecule has 0 bridgehead atoms. The summed E-state index contributed by atoms with van der Waals surface area (Å²) in [6.07, 6.45) is 4.17. The quantitative estimate of drug-likeness (QED) is 0.863. The molecule has 0 spiro atoms. The van der Waals surface area contributed by atoms with Crippen LogP contribution in [0.1, 0.15) is 37.2 Å². The second-order valence-corrected chi connectivity index (χ2v) is 6.33. The van der Waals surface area contributed by atoms with E-state index in [9.17, 15) is 0 Å². The summed E-state index contributed by atoms with van der Waals surface area (Å²) in [7, 11) is 0. The van der Waals surface area contributed by atoms with Gasteiger partial charge in [0.2, 0.25) is 0 Å². The van der Waals surface area contributed by atoms with Crippen LogP contribution in [0.25, 0.3) is 0 Å². The maximum Gasteiger partial charge on any atom is 0.0628 e.